The molecule has 2 aromatic carbocycles. The quantitative estimate of drug-likeness (QED) is 0.695. The molecule has 1 N–H and O–H groups in total. The minimum Gasteiger partial charge on any atom is -0.507 e. The van der Waals surface area contributed by atoms with E-state index in [-0.39, 0.29) is 11.6 Å². The predicted molar refractivity (Wildman–Crippen MR) is 78.6 cm³/mol. The third kappa shape index (κ3) is 2.52. The summed E-state index contributed by atoms with van der Waals surface area (Å²) in [7, 11) is 0. The molecule has 0 bridgehead atoms. The van der Waals surface area contributed by atoms with Gasteiger partial charge in [-0.1, -0.05) is 36.4 Å². The van der Waals surface area contributed by atoms with Crippen LogP contribution in [-0.2, 0) is 0 Å². The summed E-state index contributed by atoms with van der Waals surface area (Å²) in [5.74, 6) is -0.388. The molecule has 0 unspecified atom stereocenters. The highest BCUT2D eigenvalue weighted by Crippen LogP contribution is 2.18. The molecule has 0 aliphatic carbocycles. The summed E-state index contributed by atoms with van der Waals surface area (Å²) in [6.07, 6.45) is 1.53. The van der Waals surface area contributed by atoms with Crippen molar-refractivity contribution in [3.8, 4) is 0 Å². The van der Waals surface area contributed by atoms with Crippen LogP contribution in [0.25, 0.3) is 22.7 Å². The SMILES string of the molecule is O/C(=C\c1ccc2ccccc2n1)c1cccc(F)c1. The molecule has 20 heavy (non-hydrogen) atoms. The first kappa shape index (κ1) is 12.4. The van der Waals surface area contributed by atoms with Crippen molar-refractivity contribution in [3.05, 3.63) is 77.7 Å². The third-order valence-corrected chi connectivity index (χ3v) is 3.02. The van der Waals surface area contributed by atoms with E-state index in [2.05, 4.69) is 4.98 Å². The Labute approximate surface area is 115 Å². The third-order valence-electron chi connectivity index (χ3n) is 3.02. The zero-order chi connectivity index (χ0) is 13.9. The van der Waals surface area contributed by atoms with Crippen LogP contribution in [0.4, 0.5) is 4.39 Å². The number of halogens is 1. The van der Waals surface area contributed by atoms with Crippen LogP contribution in [-0.4, -0.2) is 10.1 Å². The zero-order valence-corrected chi connectivity index (χ0v) is 10.6. The second-order valence-corrected chi connectivity index (χ2v) is 4.47. The maximum atomic E-state index is 13.1. The predicted octanol–water partition coefficient (Wildman–Crippen LogP) is 4.43. The number of para-hydroxylation sites is 1. The Balaban J connectivity index is 2.00. The topological polar surface area (TPSA) is 33.1 Å². The molecule has 1 heterocycles. The normalized spacial score (nSPS) is 11.8. The molecule has 0 atom stereocenters. The first-order valence-electron chi connectivity index (χ1n) is 6.25. The molecule has 0 saturated heterocycles. The molecule has 2 nitrogen and oxygen atoms in total. The largest absolute Gasteiger partial charge is 0.507 e. The van der Waals surface area contributed by atoms with Crippen molar-refractivity contribution in [1.29, 1.82) is 0 Å². The Hall–Kier alpha value is -2.68. The lowest BCUT2D eigenvalue weighted by atomic mass is 10.1. The van der Waals surface area contributed by atoms with Crippen LogP contribution in [0.2, 0.25) is 0 Å². The summed E-state index contributed by atoms with van der Waals surface area (Å²) in [6, 6.07) is 17.3. The average molecular weight is 265 g/mol. The highest BCUT2D eigenvalue weighted by Gasteiger charge is 2.02. The number of fused-ring (bicyclic) bond motifs is 1. The molecule has 0 saturated carbocycles. The van der Waals surface area contributed by atoms with E-state index in [1.54, 1.807) is 12.1 Å². The number of nitrogens with zero attached hydrogens (tertiary/aromatic N) is 1. The summed E-state index contributed by atoms with van der Waals surface area (Å²) in [5.41, 5.74) is 1.92. The zero-order valence-electron chi connectivity index (χ0n) is 10.6. The van der Waals surface area contributed by atoms with E-state index in [9.17, 15) is 9.50 Å². The molecule has 0 aliphatic heterocycles. The molecule has 0 radical (unpaired) electrons. The van der Waals surface area contributed by atoms with Gasteiger partial charge in [-0.3, -0.25) is 0 Å². The Kier molecular flexibility index (Phi) is 3.17. The number of pyridine rings is 1. The Morgan fingerprint density at radius 2 is 1.85 bits per heavy atom. The fourth-order valence-corrected chi connectivity index (χ4v) is 2.03. The number of hydrogen-bond acceptors (Lipinski definition) is 2. The van der Waals surface area contributed by atoms with Gasteiger partial charge in [0.25, 0.3) is 0 Å². The van der Waals surface area contributed by atoms with Crippen LogP contribution in [0.5, 0.6) is 0 Å². The van der Waals surface area contributed by atoms with Crippen molar-refractivity contribution in [2.75, 3.05) is 0 Å². The molecular weight excluding hydrogens is 253 g/mol. The molecule has 0 spiro atoms. The fourth-order valence-electron chi connectivity index (χ4n) is 2.03. The molecule has 0 amide bonds. The Bertz CT molecular complexity index is 796. The highest BCUT2D eigenvalue weighted by atomic mass is 19.1. The standard InChI is InChI=1S/C17H12FNO/c18-14-6-3-5-13(10-14)17(20)11-15-9-8-12-4-1-2-7-16(12)19-15/h1-11,20H/b17-11-. The van der Waals surface area contributed by atoms with Crippen LogP contribution < -0.4 is 0 Å². The summed E-state index contributed by atoms with van der Waals surface area (Å²) in [6.45, 7) is 0. The summed E-state index contributed by atoms with van der Waals surface area (Å²) in [4.78, 5) is 4.43. The molecule has 0 fully saturated rings. The Morgan fingerprint density at radius 1 is 1.00 bits per heavy atom. The first-order chi connectivity index (χ1) is 9.72. The summed E-state index contributed by atoms with van der Waals surface area (Å²) >= 11 is 0. The van der Waals surface area contributed by atoms with E-state index in [1.807, 2.05) is 36.4 Å². The van der Waals surface area contributed by atoms with E-state index >= 15 is 0 Å². The van der Waals surface area contributed by atoms with E-state index in [0.717, 1.165) is 10.9 Å². The minimum absolute atomic E-state index is 0.00715. The van der Waals surface area contributed by atoms with Crippen LogP contribution in [0.3, 0.4) is 0 Å². The van der Waals surface area contributed by atoms with Gasteiger partial charge >= 0.3 is 0 Å². The molecule has 0 aliphatic rings. The lowest BCUT2D eigenvalue weighted by Gasteiger charge is -2.02. The van der Waals surface area contributed by atoms with E-state index in [4.69, 9.17) is 0 Å². The number of benzene rings is 2. The number of hydrogen-bond donors (Lipinski definition) is 1. The second kappa shape index (κ2) is 5.13. The van der Waals surface area contributed by atoms with E-state index in [1.165, 1.54) is 18.2 Å². The molecule has 3 heteroatoms. The van der Waals surface area contributed by atoms with Gasteiger partial charge in [0.15, 0.2) is 0 Å². The lowest BCUT2D eigenvalue weighted by Crippen LogP contribution is -1.87. The summed E-state index contributed by atoms with van der Waals surface area (Å²) in [5, 5.41) is 11.1. The summed E-state index contributed by atoms with van der Waals surface area (Å²) < 4.78 is 13.1. The van der Waals surface area contributed by atoms with Crippen molar-refractivity contribution < 1.29 is 9.50 Å². The number of aliphatic hydroxyl groups excluding tert-OH is 1. The van der Waals surface area contributed by atoms with Crippen molar-refractivity contribution in [1.82, 2.24) is 4.98 Å². The van der Waals surface area contributed by atoms with Gasteiger partial charge in [0.1, 0.15) is 11.6 Å². The number of aliphatic hydroxyl groups is 1. The van der Waals surface area contributed by atoms with E-state index < -0.39 is 0 Å². The molecule has 3 rings (SSSR count). The van der Waals surface area contributed by atoms with Gasteiger partial charge in [-0.2, -0.15) is 0 Å². The van der Waals surface area contributed by atoms with Gasteiger partial charge < -0.3 is 5.11 Å². The van der Waals surface area contributed by atoms with Gasteiger partial charge in [0, 0.05) is 17.0 Å². The number of aromatic nitrogens is 1. The highest BCUT2D eigenvalue weighted by molar-refractivity contribution is 5.82. The number of rotatable bonds is 2. The van der Waals surface area contributed by atoms with Crippen LogP contribution in [0.1, 0.15) is 11.3 Å². The van der Waals surface area contributed by atoms with Crippen molar-refractivity contribution in [2.24, 2.45) is 0 Å². The van der Waals surface area contributed by atoms with Crippen LogP contribution >= 0.6 is 0 Å². The first-order valence-corrected chi connectivity index (χ1v) is 6.25. The van der Waals surface area contributed by atoms with Crippen molar-refractivity contribution >= 4 is 22.7 Å². The molecule has 3 aromatic rings. The van der Waals surface area contributed by atoms with Crippen LogP contribution in [0, 0.1) is 5.82 Å². The van der Waals surface area contributed by atoms with E-state index in [0.29, 0.717) is 11.3 Å². The van der Waals surface area contributed by atoms with Crippen molar-refractivity contribution in [2.45, 2.75) is 0 Å². The molecular formula is C17H12FNO. The fraction of sp³-hybridized carbons (Fsp3) is 0. The van der Waals surface area contributed by atoms with Crippen LogP contribution in [0.15, 0.2) is 60.7 Å². The smallest absolute Gasteiger partial charge is 0.125 e. The van der Waals surface area contributed by atoms with Crippen molar-refractivity contribution in [3.63, 3.8) is 0 Å². The van der Waals surface area contributed by atoms with Gasteiger partial charge in [-0.25, -0.2) is 9.37 Å². The monoisotopic (exact) mass is 265 g/mol. The maximum Gasteiger partial charge on any atom is 0.125 e. The second-order valence-electron chi connectivity index (χ2n) is 4.47. The average Bonchev–Trinajstić information content (AvgIpc) is 2.47. The van der Waals surface area contributed by atoms with Gasteiger partial charge in [-0.15, -0.1) is 0 Å². The molecule has 98 valence electrons. The van der Waals surface area contributed by atoms with Gasteiger partial charge in [0.05, 0.1) is 11.2 Å². The maximum absolute atomic E-state index is 13.1. The van der Waals surface area contributed by atoms with Gasteiger partial charge in [0.2, 0.25) is 0 Å². The minimum atomic E-state index is -0.381. The lowest BCUT2D eigenvalue weighted by molar-refractivity contribution is 0.514. The Morgan fingerprint density at radius 3 is 2.70 bits per heavy atom. The van der Waals surface area contributed by atoms with Gasteiger partial charge in [-0.05, 0) is 24.3 Å². The molecule has 1 aromatic heterocycles.